The average molecular weight is 262 g/mol. The lowest BCUT2D eigenvalue weighted by Crippen LogP contribution is -2.53. The van der Waals surface area contributed by atoms with Crippen LogP contribution in [-0.4, -0.2) is 38.4 Å². The number of rotatable bonds is 2. The van der Waals surface area contributed by atoms with E-state index in [0.717, 1.165) is 37.4 Å². The molecule has 2 aliphatic heterocycles. The minimum Gasteiger partial charge on any atom is -0.497 e. The Bertz CT molecular complexity index is 466. The first kappa shape index (κ1) is 12.3. The largest absolute Gasteiger partial charge is 0.497 e. The Kier molecular flexibility index (Phi) is 3.06. The number of nitrogens with one attached hydrogen (secondary N) is 1. The van der Waals surface area contributed by atoms with Gasteiger partial charge in [0.1, 0.15) is 12.4 Å². The second kappa shape index (κ2) is 4.74. The van der Waals surface area contributed by atoms with E-state index in [1.54, 1.807) is 7.11 Å². The molecule has 19 heavy (non-hydrogen) atoms. The molecule has 1 aromatic carbocycles. The highest BCUT2D eigenvalue weighted by molar-refractivity contribution is 5.91. The monoisotopic (exact) mass is 262 g/mol. The van der Waals surface area contributed by atoms with E-state index in [9.17, 15) is 4.79 Å². The van der Waals surface area contributed by atoms with Crippen LogP contribution in [0.4, 0.5) is 10.5 Å². The molecular formula is C14H18N2O3. The van der Waals surface area contributed by atoms with Crippen LogP contribution in [0.5, 0.6) is 5.75 Å². The van der Waals surface area contributed by atoms with Gasteiger partial charge in [0.2, 0.25) is 0 Å². The van der Waals surface area contributed by atoms with Crippen molar-refractivity contribution in [2.24, 2.45) is 0 Å². The molecule has 0 aliphatic carbocycles. The van der Waals surface area contributed by atoms with Gasteiger partial charge in [0.25, 0.3) is 0 Å². The van der Waals surface area contributed by atoms with E-state index < -0.39 is 0 Å². The summed E-state index contributed by atoms with van der Waals surface area (Å²) in [5.41, 5.74) is 0.696. The maximum atomic E-state index is 12.1. The number of benzene rings is 1. The van der Waals surface area contributed by atoms with Crippen LogP contribution in [-0.2, 0) is 4.74 Å². The molecular weight excluding hydrogens is 244 g/mol. The molecule has 2 saturated heterocycles. The van der Waals surface area contributed by atoms with Crippen molar-refractivity contribution in [3.63, 3.8) is 0 Å². The molecule has 2 aliphatic rings. The van der Waals surface area contributed by atoms with E-state index in [1.165, 1.54) is 0 Å². The van der Waals surface area contributed by atoms with E-state index in [1.807, 2.05) is 29.2 Å². The maximum absolute atomic E-state index is 12.1. The highest BCUT2D eigenvalue weighted by Crippen LogP contribution is 2.37. The average Bonchev–Trinajstić information content (AvgIpc) is 2.77. The standard InChI is InChI=1S/C14H18N2O3/c1-18-12-4-2-11(3-5-12)16-13(17)19-10-14(16)6-8-15-9-7-14/h2-5,15H,6-10H2,1H3. The fraction of sp³-hybridized carbons (Fsp3) is 0.500. The van der Waals surface area contributed by atoms with E-state index in [0.29, 0.717) is 6.61 Å². The van der Waals surface area contributed by atoms with Gasteiger partial charge in [-0.15, -0.1) is 0 Å². The quantitative estimate of drug-likeness (QED) is 0.882. The maximum Gasteiger partial charge on any atom is 0.415 e. The Balaban J connectivity index is 1.92. The van der Waals surface area contributed by atoms with Crippen LogP contribution in [0.15, 0.2) is 24.3 Å². The zero-order valence-corrected chi connectivity index (χ0v) is 11.0. The molecule has 0 saturated carbocycles. The molecule has 5 nitrogen and oxygen atoms in total. The van der Waals surface area contributed by atoms with Gasteiger partial charge >= 0.3 is 6.09 Å². The summed E-state index contributed by atoms with van der Waals surface area (Å²) in [7, 11) is 1.63. The first-order chi connectivity index (χ1) is 9.25. The first-order valence-electron chi connectivity index (χ1n) is 6.57. The summed E-state index contributed by atoms with van der Waals surface area (Å²) < 4.78 is 10.4. The zero-order chi connectivity index (χ0) is 13.3. The van der Waals surface area contributed by atoms with Crippen LogP contribution in [0.2, 0.25) is 0 Å². The number of nitrogens with zero attached hydrogens (tertiary/aromatic N) is 1. The molecule has 0 bridgehead atoms. The molecule has 0 radical (unpaired) electrons. The molecule has 1 spiro atoms. The van der Waals surface area contributed by atoms with E-state index in [-0.39, 0.29) is 11.6 Å². The Hall–Kier alpha value is -1.75. The summed E-state index contributed by atoms with van der Waals surface area (Å²) in [4.78, 5) is 13.9. The number of hydrogen-bond acceptors (Lipinski definition) is 4. The normalized spacial score (nSPS) is 21.5. The summed E-state index contributed by atoms with van der Waals surface area (Å²) >= 11 is 0. The van der Waals surface area contributed by atoms with Crippen molar-refractivity contribution in [3.8, 4) is 5.75 Å². The van der Waals surface area contributed by atoms with Crippen LogP contribution >= 0.6 is 0 Å². The number of piperidine rings is 1. The van der Waals surface area contributed by atoms with Crippen molar-refractivity contribution >= 4 is 11.8 Å². The predicted octanol–water partition coefficient (Wildman–Crippen LogP) is 1.77. The second-order valence-electron chi connectivity index (χ2n) is 5.06. The number of cyclic esters (lactones) is 1. The van der Waals surface area contributed by atoms with Crippen LogP contribution in [0.25, 0.3) is 0 Å². The molecule has 2 heterocycles. The summed E-state index contributed by atoms with van der Waals surface area (Å²) in [5, 5.41) is 3.33. The Morgan fingerprint density at radius 2 is 1.95 bits per heavy atom. The number of carbonyl (C=O) groups excluding carboxylic acids is 1. The summed E-state index contributed by atoms with van der Waals surface area (Å²) in [6.07, 6.45) is 1.60. The van der Waals surface area contributed by atoms with Gasteiger partial charge in [-0.2, -0.15) is 0 Å². The molecule has 0 atom stereocenters. The summed E-state index contributed by atoms with van der Waals surface area (Å²) in [6, 6.07) is 7.57. The number of hydrogen-bond donors (Lipinski definition) is 1. The third-order valence-corrected chi connectivity index (χ3v) is 3.99. The predicted molar refractivity (Wildman–Crippen MR) is 71.7 cm³/mol. The minimum absolute atomic E-state index is 0.184. The van der Waals surface area contributed by atoms with Gasteiger partial charge in [-0.25, -0.2) is 4.79 Å². The van der Waals surface area contributed by atoms with Crippen molar-refractivity contribution < 1.29 is 14.3 Å². The number of anilines is 1. The smallest absolute Gasteiger partial charge is 0.415 e. The van der Waals surface area contributed by atoms with Gasteiger partial charge in [-0.3, -0.25) is 4.90 Å². The van der Waals surface area contributed by atoms with Gasteiger partial charge in [0, 0.05) is 5.69 Å². The van der Waals surface area contributed by atoms with Crippen molar-refractivity contribution in [2.45, 2.75) is 18.4 Å². The Labute approximate surface area is 112 Å². The molecule has 0 unspecified atom stereocenters. The molecule has 102 valence electrons. The lowest BCUT2D eigenvalue weighted by Gasteiger charge is -2.38. The van der Waals surface area contributed by atoms with Crippen molar-refractivity contribution in [1.82, 2.24) is 5.32 Å². The number of amides is 1. The van der Waals surface area contributed by atoms with Gasteiger partial charge in [0.15, 0.2) is 0 Å². The number of ether oxygens (including phenoxy) is 2. The van der Waals surface area contributed by atoms with E-state index in [2.05, 4.69) is 5.32 Å². The van der Waals surface area contributed by atoms with Crippen LogP contribution in [0.1, 0.15) is 12.8 Å². The van der Waals surface area contributed by atoms with Crippen molar-refractivity contribution in [2.75, 3.05) is 31.7 Å². The third-order valence-electron chi connectivity index (χ3n) is 3.99. The highest BCUT2D eigenvalue weighted by atomic mass is 16.6. The molecule has 5 heteroatoms. The number of methoxy groups -OCH3 is 1. The topological polar surface area (TPSA) is 50.8 Å². The molecule has 3 rings (SSSR count). The lowest BCUT2D eigenvalue weighted by atomic mass is 9.88. The third kappa shape index (κ3) is 2.04. The molecule has 1 N–H and O–H groups in total. The molecule has 1 amide bonds. The Morgan fingerprint density at radius 3 is 2.58 bits per heavy atom. The van der Waals surface area contributed by atoms with Crippen LogP contribution in [0.3, 0.4) is 0 Å². The lowest BCUT2D eigenvalue weighted by molar-refractivity contribution is 0.167. The van der Waals surface area contributed by atoms with Crippen molar-refractivity contribution in [3.05, 3.63) is 24.3 Å². The molecule has 0 aromatic heterocycles. The zero-order valence-electron chi connectivity index (χ0n) is 11.0. The highest BCUT2D eigenvalue weighted by Gasteiger charge is 2.48. The fourth-order valence-corrected chi connectivity index (χ4v) is 2.89. The molecule has 1 aromatic rings. The van der Waals surface area contributed by atoms with Gasteiger partial charge < -0.3 is 14.8 Å². The van der Waals surface area contributed by atoms with E-state index in [4.69, 9.17) is 9.47 Å². The van der Waals surface area contributed by atoms with E-state index >= 15 is 0 Å². The van der Waals surface area contributed by atoms with Crippen LogP contribution < -0.4 is 15.0 Å². The SMILES string of the molecule is COc1ccc(N2C(=O)OCC23CCNCC3)cc1. The summed E-state index contributed by atoms with van der Waals surface area (Å²) in [5.74, 6) is 0.788. The second-order valence-corrected chi connectivity index (χ2v) is 5.06. The van der Waals surface area contributed by atoms with Gasteiger partial charge in [-0.1, -0.05) is 0 Å². The van der Waals surface area contributed by atoms with Gasteiger partial charge in [-0.05, 0) is 50.2 Å². The fourth-order valence-electron chi connectivity index (χ4n) is 2.89. The molecule has 2 fully saturated rings. The minimum atomic E-state index is -0.243. The van der Waals surface area contributed by atoms with Gasteiger partial charge in [0.05, 0.1) is 12.6 Å². The first-order valence-corrected chi connectivity index (χ1v) is 6.57. The van der Waals surface area contributed by atoms with Crippen LogP contribution in [0, 0.1) is 0 Å². The van der Waals surface area contributed by atoms with Crippen molar-refractivity contribution in [1.29, 1.82) is 0 Å². The number of carbonyl (C=O) groups is 1. The Morgan fingerprint density at radius 1 is 1.26 bits per heavy atom. The summed E-state index contributed by atoms with van der Waals surface area (Å²) in [6.45, 7) is 2.33.